The van der Waals surface area contributed by atoms with E-state index in [9.17, 15) is 9.59 Å². The minimum absolute atomic E-state index is 0.0251. The van der Waals surface area contributed by atoms with E-state index in [1.165, 1.54) is 0 Å². The van der Waals surface area contributed by atoms with E-state index in [0.717, 1.165) is 30.6 Å². The molecule has 0 unspecified atom stereocenters. The number of hydrogen-bond acceptors (Lipinski definition) is 3. The Kier molecular flexibility index (Phi) is 5.27. The van der Waals surface area contributed by atoms with Gasteiger partial charge in [-0.25, -0.2) is 0 Å². The zero-order valence-corrected chi connectivity index (χ0v) is 16.6. The fourth-order valence-corrected chi connectivity index (χ4v) is 3.82. The number of rotatable bonds is 6. The van der Waals surface area contributed by atoms with Gasteiger partial charge in [-0.1, -0.05) is 23.7 Å². The van der Waals surface area contributed by atoms with E-state index in [2.05, 4.69) is 0 Å². The van der Waals surface area contributed by atoms with Crippen LogP contribution in [0, 0.1) is 0 Å². The molecule has 0 bridgehead atoms. The third kappa shape index (κ3) is 3.85. The van der Waals surface area contributed by atoms with Gasteiger partial charge < -0.3 is 14.5 Å². The first-order valence-electron chi connectivity index (χ1n) is 9.60. The van der Waals surface area contributed by atoms with Crippen LogP contribution in [0.3, 0.4) is 0 Å². The quantitative estimate of drug-likeness (QED) is 0.729. The van der Waals surface area contributed by atoms with Crippen molar-refractivity contribution in [3.8, 4) is 5.75 Å². The summed E-state index contributed by atoms with van der Waals surface area (Å²) in [6, 6.07) is 13.3. The highest BCUT2D eigenvalue weighted by atomic mass is 35.5. The third-order valence-corrected chi connectivity index (χ3v) is 5.64. The van der Waals surface area contributed by atoms with Gasteiger partial charge in [0.25, 0.3) is 5.91 Å². The Labute approximate surface area is 169 Å². The number of benzene rings is 2. The van der Waals surface area contributed by atoms with Crippen LogP contribution in [0.25, 0.3) is 0 Å². The highest BCUT2D eigenvalue weighted by Gasteiger charge is 2.34. The van der Waals surface area contributed by atoms with Crippen molar-refractivity contribution in [3.05, 3.63) is 58.6 Å². The number of amides is 2. The molecule has 1 heterocycles. The minimum atomic E-state index is -0.0251. The zero-order valence-electron chi connectivity index (χ0n) is 15.9. The molecular weight excluding hydrogens is 376 g/mol. The Hall–Kier alpha value is -2.53. The molecule has 4 rings (SSSR count). The Morgan fingerprint density at radius 1 is 1.21 bits per heavy atom. The van der Waals surface area contributed by atoms with Crippen molar-refractivity contribution in [1.29, 1.82) is 0 Å². The van der Waals surface area contributed by atoms with Crippen molar-refractivity contribution in [2.24, 2.45) is 0 Å². The zero-order chi connectivity index (χ0) is 19.7. The van der Waals surface area contributed by atoms with E-state index in [0.29, 0.717) is 35.8 Å². The Bertz CT molecular complexity index is 893. The molecule has 2 fully saturated rings. The summed E-state index contributed by atoms with van der Waals surface area (Å²) >= 11 is 6.33. The first kappa shape index (κ1) is 18.8. The maximum atomic E-state index is 13.3. The van der Waals surface area contributed by atoms with Gasteiger partial charge in [0, 0.05) is 31.1 Å². The third-order valence-electron chi connectivity index (χ3n) is 5.32. The van der Waals surface area contributed by atoms with E-state index in [4.69, 9.17) is 16.3 Å². The number of nitrogens with zero attached hydrogens (tertiary/aromatic N) is 2. The lowest BCUT2D eigenvalue weighted by Crippen LogP contribution is -2.33. The van der Waals surface area contributed by atoms with Gasteiger partial charge in [0.1, 0.15) is 5.75 Å². The molecule has 2 amide bonds. The topological polar surface area (TPSA) is 49.9 Å². The number of anilines is 1. The summed E-state index contributed by atoms with van der Waals surface area (Å²) in [5.74, 6) is 0.831. The molecule has 0 atom stereocenters. The predicted octanol–water partition coefficient (Wildman–Crippen LogP) is 4.28. The van der Waals surface area contributed by atoms with Crippen molar-refractivity contribution in [3.63, 3.8) is 0 Å². The molecule has 1 saturated heterocycles. The molecule has 0 radical (unpaired) electrons. The normalized spacial score (nSPS) is 16.4. The van der Waals surface area contributed by atoms with Crippen LogP contribution in [0.1, 0.15) is 41.6 Å². The molecule has 0 aromatic heterocycles. The molecule has 0 spiro atoms. The Balaban J connectivity index is 1.58. The molecule has 6 heteroatoms. The van der Waals surface area contributed by atoms with Gasteiger partial charge >= 0.3 is 0 Å². The number of ether oxygens (including phenoxy) is 1. The monoisotopic (exact) mass is 398 g/mol. The van der Waals surface area contributed by atoms with Crippen LogP contribution in [-0.2, 0) is 11.3 Å². The van der Waals surface area contributed by atoms with Crippen molar-refractivity contribution >= 4 is 29.1 Å². The van der Waals surface area contributed by atoms with Crippen LogP contribution in [0.15, 0.2) is 42.5 Å². The summed E-state index contributed by atoms with van der Waals surface area (Å²) in [6.07, 6.45) is 3.39. The second-order valence-electron chi connectivity index (χ2n) is 7.33. The second-order valence-corrected chi connectivity index (χ2v) is 7.73. The van der Waals surface area contributed by atoms with Gasteiger partial charge in [-0.2, -0.15) is 0 Å². The average Bonchev–Trinajstić information content (AvgIpc) is 3.47. The lowest BCUT2D eigenvalue weighted by molar-refractivity contribution is -0.117. The molecule has 0 N–H and O–H groups in total. The van der Waals surface area contributed by atoms with E-state index in [-0.39, 0.29) is 17.9 Å². The van der Waals surface area contributed by atoms with Crippen LogP contribution in [0.5, 0.6) is 5.75 Å². The summed E-state index contributed by atoms with van der Waals surface area (Å²) in [4.78, 5) is 29.0. The Morgan fingerprint density at radius 2 is 1.96 bits per heavy atom. The smallest absolute Gasteiger partial charge is 0.254 e. The van der Waals surface area contributed by atoms with Gasteiger partial charge in [-0.15, -0.1) is 0 Å². The predicted molar refractivity (Wildman–Crippen MR) is 109 cm³/mol. The molecule has 146 valence electrons. The highest BCUT2D eigenvalue weighted by molar-refractivity contribution is 6.34. The molecule has 1 aliphatic heterocycles. The molecule has 1 saturated carbocycles. The summed E-state index contributed by atoms with van der Waals surface area (Å²) in [5, 5.41) is 0.500. The number of methoxy groups -OCH3 is 1. The van der Waals surface area contributed by atoms with Crippen molar-refractivity contribution in [1.82, 2.24) is 4.90 Å². The van der Waals surface area contributed by atoms with Crippen molar-refractivity contribution in [2.45, 2.75) is 38.3 Å². The van der Waals surface area contributed by atoms with Crippen LogP contribution in [-0.4, -0.2) is 36.4 Å². The highest BCUT2D eigenvalue weighted by Crippen LogP contribution is 2.33. The van der Waals surface area contributed by atoms with Gasteiger partial charge in [-0.3, -0.25) is 9.59 Å². The van der Waals surface area contributed by atoms with Crippen LogP contribution >= 0.6 is 11.6 Å². The van der Waals surface area contributed by atoms with Crippen LogP contribution in [0.2, 0.25) is 5.02 Å². The molecule has 5 nitrogen and oxygen atoms in total. The first-order chi connectivity index (χ1) is 13.6. The maximum absolute atomic E-state index is 13.3. The molecule has 28 heavy (non-hydrogen) atoms. The fraction of sp³-hybridized carbons (Fsp3) is 0.364. The van der Waals surface area contributed by atoms with Crippen molar-refractivity contribution in [2.75, 3.05) is 18.6 Å². The first-order valence-corrected chi connectivity index (χ1v) is 9.98. The van der Waals surface area contributed by atoms with E-state index < -0.39 is 0 Å². The van der Waals surface area contributed by atoms with Crippen LogP contribution < -0.4 is 9.64 Å². The minimum Gasteiger partial charge on any atom is -0.497 e. The molecule has 1 aliphatic carbocycles. The number of carbonyl (C=O) groups excluding carboxylic acids is 2. The summed E-state index contributed by atoms with van der Waals surface area (Å²) < 4.78 is 5.21. The van der Waals surface area contributed by atoms with Gasteiger partial charge in [0.2, 0.25) is 5.91 Å². The molecule has 2 aromatic carbocycles. The second kappa shape index (κ2) is 7.84. The summed E-state index contributed by atoms with van der Waals surface area (Å²) in [5.41, 5.74) is 2.26. The summed E-state index contributed by atoms with van der Waals surface area (Å²) in [7, 11) is 1.64. The molecule has 2 aliphatic rings. The lowest BCUT2D eigenvalue weighted by atomic mass is 10.1. The fourth-order valence-electron chi connectivity index (χ4n) is 3.60. The van der Waals surface area contributed by atoms with E-state index in [1.807, 2.05) is 29.2 Å². The van der Waals surface area contributed by atoms with Crippen molar-refractivity contribution < 1.29 is 14.3 Å². The van der Waals surface area contributed by atoms with Gasteiger partial charge in [-0.05, 0) is 55.2 Å². The number of carbonyl (C=O) groups is 2. The number of halogens is 1. The summed E-state index contributed by atoms with van der Waals surface area (Å²) in [6.45, 7) is 1.20. The Morgan fingerprint density at radius 3 is 2.57 bits per heavy atom. The molecule has 2 aromatic rings. The molecular formula is C22H23ClN2O3. The lowest BCUT2D eigenvalue weighted by Gasteiger charge is -2.24. The van der Waals surface area contributed by atoms with Crippen LogP contribution in [0.4, 0.5) is 5.69 Å². The van der Waals surface area contributed by atoms with E-state index in [1.54, 1.807) is 30.2 Å². The average molecular weight is 399 g/mol. The van der Waals surface area contributed by atoms with Gasteiger partial charge in [0.15, 0.2) is 0 Å². The SMILES string of the molecule is COc1ccc(CN(C(=O)c2ccc(Cl)c(N3CCCC3=O)c2)C2CC2)cc1. The number of hydrogen-bond donors (Lipinski definition) is 0. The maximum Gasteiger partial charge on any atom is 0.254 e. The standard InChI is InChI=1S/C22H23ClN2O3/c1-28-18-9-4-15(5-10-18)14-25(17-7-8-17)22(27)16-6-11-19(23)20(13-16)24-12-2-3-21(24)26/h4-6,9-11,13,17H,2-3,7-8,12,14H2,1H3. The van der Waals surface area contributed by atoms with E-state index >= 15 is 0 Å². The largest absolute Gasteiger partial charge is 0.497 e. The van der Waals surface area contributed by atoms with Gasteiger partial charge in [0.05, 0.1) is 17.8 Å².